The fourth-order valence-corrected chi connectivity index (χ4v) is 5.08. The number of phenolic OH excluding ortho intramolecular Hbond substituents is 1. The van der Waals surface area contributed by atoms with Crippen LogP contribution in [0, 0.1) is 0 Å². The van der Waals surface area contributed by atoms with Crippen LogP contribution in [0.3, 0.4) is 0 Å². The molecule has 0 aromatic heterocycles. The molecule has 0 saturated heterocycles. The van der Waals surface area contributed by atoms with Gasteiger partial charge in [0.25, 0.3) is 5.91 Å². The van der Waals surface area contributed by atoms with Gasteiger partial charge in [0.15, 0.2) is 0 Å². The number of aromatic hydroxyl groups is 1. The maximum absolute atomic E-state index is 12.9. The third-order valence-corrected chi connectivity index (χ3v) is 7.86. The van der Waals surface area contributed by atoms with E-state index in [1.165, 1.54) is 114 Å². The number of rotatable bonds is 28. The van der Waals surface area contributed by atoms with Crippen LogP contribution < -0.4 is 5.32 Å². The molecule has 0 radical (unpaired) electrons. The first-order valence-electron chi connectivity index (χ1n) is 17.4. The maximum atomic E-state index is 12.9. The van der Waals surface area contributed by atoms with Crippen LogP contribution in [-0.4, -0.2) is 42.2 Å². The van der Waals surface area contributed by atoms with Crippen molar-refractivity contribution in [3.63, 3.8) is 0 Å². The highest BCUT2D eigenvalue weighted by molar-refractivity contribution is 5.97. The van der Waals surface area contributed by atoms with Crippen LogP contribution >= 0.6 is 0 Å². The van der Waals surface area contributed by atoms with Crippen LogP contribution in [0.15, 0.2) is 24.3 Å². The first-order valence-corrected chi connectivity index (χ1v) is 17.4. The van der Waals surface area contributed by atoms with E-state index < -0.39 is 17.9 Å². The van der Waals surface area contributed by atoms with Crippen LogP contribution in [0.2, 0.25) is 0 Å². The van der Waals surface area contributed by atoms with E-state index in [0.717, 1.165) is 38.5 Å². The number of carbonyl (C=O) groups is 3. The predicted molar refractivity (Wildman–Crippen MR) is 174 cm³/mol. The van der Waals surface area contributed by atoms with Gasteiger partial charge in [-0.15, -0.1) is 0 Å². The van der Waals surface area contributed by atoms with Crippen LogP contribution in [-0.2, 0) is 19.1 Å². The Hall–Kier alpha value is -2.57. The van der Waals surface area contributed by atoms with Gasteiger partial charge in [0.2, 0.25) is 0 Å². The second kappa shape index (κ2) is 27.0. The lowest BCUT2D eigenvalue weighted by Gasteiger charge is -2.18. The van der Waals surface area contributed by atoms with Gasteiger partial charge < -0.3 is 19.9 Å². The molecule has 1 rings (SSSR count). The number of ether oxygens (including phenoxy) is 2. The van der Waals surface area contributed by atoms with Gasteiger partial charge in [-0.2, -0.15) is 0 Å². The fraction of sp³-hybridized carbons (Fsp3) is 0.750. The van der Waals surface area contributed by atoms with E-state index in [1.54, 1.807) is 0 Å². The van der Waals surface area contributed by atoms with Crippen molar-refractivity contribution in [2.24, 2.45) is 0 Å². The summed E-state index contributed by atoms with van der Waals surface area (Å²) in [5.41, 5.74) is 0.314. The summed E-state index contributed by atoms with van der Waals surface area (Å²) in [7, 11) is 0. The lowest BCUT2D eigenvalue weighted by Crippen LogP contribution is -2.42. The number of hydrogen-bond donors (Lipinski definition) is 2. The Balaban J connectivity index is 2.34. The van der Waals surface area contributed by atoms with E-state index >= 15 is 0 Å². The lowest BCUT2D eigenvalue weighted by atomic mass is 10.1. The Morgan fingerprint density at radius 1 is 0.628 bits per heavy atom. The molecule has 1 amide bonds. The minimum absolute atomic E-state index is 0.0195. The largest absolute Gasteiger partial charge is 0.508 e. The Bertz CT molecular complexity index is 841. The zero-order valence-electron chi connectivity index (χ0n) is 27.3. The summed E-state index contributed by atoms with van der Waals surface area (Å²) in [6.07, 6.45) is 24.1. The minimum Gasteiger partial charge on any atom is -0.508 e. The standard InChI is InChI=1S/C36H61NO6/c1-3-5-7-9-11-13-15-17-19-21-29-42-34(39)28-27-33(37-35(40)31-23-25-32(38)26-24-31)36(41)43-30-22-20-18-16-14-12-10-8-6-4-2/h23-26,33,38H,3-22,27-30H2,1-2H3,(H,37,40)/t33-/m0/s1. The van der Waals surface area contributed by atoms with Crippen molar-refractivity contribution in [1.82, 2.24) is 5.32 Å². The van der Waals surface area contributed by atoms with E-state index in [2.05, 4.69) is 19.2 Å². The third kappa shape index (κ3) is 21.7. The molecular weight excluding hydrogens is 542 g/mol. The topological polar surface area (TPSA) is 102 Å². The van der Waals surface area contributed by atoms with E-state index in [9.17, 15) is 19.5 Å². The van der Waals surface area contributed by atoms with Gasteiger partial charge in [-0.3, -0.25) is 9.59 Å². The van der Waals surface area contributed by atoms with Gasteiger partial charge in [0, 0.05) is 12.0 Å². The first-order chi connectivity index (χ1) is 21.0. The van der Waals surface area contributed by atoms with Gasteiger partial charge in [0.05, 0.1) is 13.2 Å². The van der Waals surface area contributed by atoms with E-state index in [0.29, 0.717) is 18.8 Å². The van der Waals surface area contributed by atoms with E-state index in [-0.39, 0.29) is 24.6 Å². The molecule has 0 saturated carbocycles. The Morgan fingerprint density at radius 3 is 1.51 bits per heavy atom. The highest BCUT2D eigenvalue weighted by atomic mass is 16.5. The molecule has 0 aliphatic rings. The molecule has 0 spiro atoms. The lowest BCUT2D eigenvalue weighted by molar-refractivity contribution is -0.147. The normalized spacial score (nSPS) is 11.7. The van der Waals surface area contributed by atoms with Gasteiger partial charge in [0.1, 0.15) is 11.8 Å². The molecule has 1 aromatic carbocycles. The van der Waals surface area contributed by atoms with Gasteiger partial charge in [-0.05, 0) is 43.5 Å². The number of benzene rings is 1. The molecule has 0 aliphatic carbocycles. The summed E-state index contributed by atoms with van der Waals surface area (Å²) in [6.45, 7) is 5.14. The number of phenols is 1. The molecular formula is C36H61NO6. The number of esters is 2. The third-order valence-electron chi connectivity index (χ3n) is 7.86. The molecule has 0 fully saturated rings. The van der Waals surface area contributed by atoms with E-state index in [4.69, 9.17) is 9.47 Å². The second-order valence-electron chi connectivity index (χ2n) is 11.9. The number of nitrogens with one attached hydrogen (secondary N) is 1. The highest BCUT2D eigenvalue weighted by Gasteiger charge is 2.24. The Kier molecular flexibility index (Phi) is 24.2. The van der Waals surface area contributed by atoms with Crippen molar-refractivity contribution in [1.29, 1.82) is 0 Å². The molecule has 7 heteroatoms. The molecule has 43 heavy (non-hydrogen) atoms. The van der Waals surface area contributed by atoms with Crippen molar-refractivity contribution in [2.45, 2.75) is 161 Å². The molecule has 0 bridgehead atoms. The summed E-state index contributed by atoms with van der Waals surface area (Å²) in [5.74, 6) is -1.32. The van der Waals surface area contributed by atoms with Crippen LogP contribution in [0.4, 0.5) is 0 Å². The summed E-state index contributed by atoms with van der Waals surface area (Å²) in [5, 5.41) is 12.2. The summed E-state index contributed by atoms with van der Waals surface area (Å²) >= 11 is 0. The maximum Gasteiger partial charge on any atom is 0.328 e. The molecule has 1 aromatic rings. The second-order valence-corrected chi connectivity index (χ2v) is 11.9. The fourth-order valence-electron chi connectivity index (χ4n) is 5.08. The van der Waals surface area contributed by atoms with Crippen molar-refractivity contribution in [3.05, 3.63) is 29.8 Å². The quantitative estimate of drug-likeness (QED) is 0.0731. The Labute approximate surface area is 261 Å². The Morgan fingerprint density at radius 2 is 1.05 bits per heavy atom. The number of amides is 1. The molecule has 7 nitrogen and oxygen atoms in total. The molecule has 0 unspecified atom stereocenters. The van der Waals surface area contributed by atoms with Crippen LogP contribution in [0.25, 0.3) is 0 Å². The van der Waals surface area contributed by atoms with Crippen LogP contribution in [0.5, 0.6) is 5.75 Å². The average molecular weight is 604 g/mol. The molecule has 1 atom stereocenters. The van der Waals surface area contributed by atoms with Crippen molar-refractivity contribution >= 4 is 17.8 Å². The van der Waals surface area contributed by atoms with Crippen molar-refractivity contribution in [3.8, 4) is 5.75 Å². The molecule has 0 aliphatic heterocycles. The smallest absolute Gasteiger partial charge is 0.328 e. The van der Waals surface area contributed by atoms with Crippen molar-refractivity contribution < 1.29 is 29.0 Å². The SMILES string of the molecule is CCCCCCCCCCCCOC(=O)CC[C@H](NC(=O)c1ccc(O)cc1)C(=O)OCCCCCCCCCCCC. The average Bonchev–Trinajstić information content (AvgIpc) is 3.00. The monoisotopic (exact) mass is 603 g/mol. The first kappa shape index (κ1) is 38.5. The molecule has 2 N–H and O–H groups in total. The zero-order chi connectivity index (χ0) is 31.4. The van der Waals surface area contributed by atoms with Gasteiger partial charge in [-0.1, -0.05) is 129 Å². The summed E-state index contributed by atoms with van der Waals surface area (Å²) < 4.78 is 10.9. The van der Waals surface area contributed by atoms with E-state index in [1.807, 2.05) is 0 Å². The summed E-state index contributed by atoms with van der Waals surface area (Å²) in [6, 6.07) is 4.85. The van der Waals surface area contributed by atoms with Crippen molar-refractivity contribution in [2.75, 3.05) is 13.2 Å². The zero-order valence-corrected chi connectivity index (χ0v) is 27.3. The highest BCUT2D eigenvalue weighted by Crippen LogP contribution is 2.14. The number of hydrogen-bond acceptors (Lipinski definition) is 6. The predicted octanol–water partition coefficient (Wildman–Crippen LogP) is 9.20. The van der Waals surface area contributed by atoms with Gasteiger partial charge in [-0.25, -0.2) is 4.79 Å². The molecule has 246 valence electrons. The number of carbonyl (C=O) groups excluding carboxylic acids is 3. The van der Waals surface area contributed by atoms with Crippen LogP contribution in [0.1, 0.15) is 165 Å². The van der Waals surface area contributed by atoms with Gasteiger partial charge >= 0.3 is 11.9 Å². The number of unbranched alkanes of at least 4 members (excludes halogenated alkanes) is 18. The summed E-state index contributed by atoms with van der Waals surface area (Å²) in [4.78, 5) is 38.0. The minimum atomic E-state index is -0.950. The molecule has 0 heterocycles.